The molecule has 0 fully saturated rings. The predicted molar refractivity (Wildman–Crippen MR) is 54.5 cm³/mol. The third-order valence-corrected chi connectivity index (χ3v) is 2.70. The molecule has 2 nitrogen and oxygen atoms in total. The van der Waals surface area contributed by atoms with Crippen molar-refractivity contribution in [3.63, 3.8) is 0 Å². The summed E-state index contributed by atoms with van der Waals surface area (Å²) in [4.78, 5) is 12.2. The van der Waals surface area contributed by atoms with Gasteiger partial charge < -0.3 is 4.74 Å². The number of Topliss-reactive ketones (excluding diaryl/α,β-unsaturated/α-hetero) is 1. The molecular formula is C10H11F3O2S. The maximum Gasteiger partial charge on any atom is 0.411 e. The van der Waals surface area contributed by atoms with Crippen LogP contribution in [0.15, 0.2) is 17.5 Å². The Bertz CT molecular complexity index is 319. The Morgan fingerprint density at radius 2 is 2.19 bits per heavy atom. The Balaban J connectivity index is 2.12. The summed E-state index contributed by atoms with van der Waals surface area (Å²) >= 11 is 1.52. The minimum absolute atomic E-state index is 0.221. The summed E-state index contributed by atoms with van der Waals surface area (Å²) in [5, 5.41) is 1.89. The Hall–Kier alpha value is -0.880. The van der Waals surface area contributed by atoms with E-state index < -0.39 is 19.4 Å². The molecule has 1 rings (SSSR count). The molecule has 0 aromatic carbocycles. The normalized spacial score (nSPS) is 11.7. The van der Waals surface area contributed by atoms with E-state index in [0.29, 0.717) is 6.42 Å². The minimum atomic E-state index is -4.37. The monoisotopic (exact) mass is 252 g/mol. The Morgan fingerprint density at radius 3 is 2.75 bits per heavy atom. The van der Waals surface area contributed by atoms with Crippen LogP contribution in [0, 0.1) is 0 Å². The maximum atomic E-state index is 11.7. The number of thiophene rings is 1. The molecule has 1 aromatic heterocycles. The first-order chi connectivity index (χ1) is 7.47. The highest BCUT2D eigenvalue weighted by Crippen LogP contribution is 2.14. The van der Waals surface area contributed by atoms with Crippen LogP contribution >= 0.6 is 11.3 Å². The minimum Gasteiger partial charge on any atom is -0.364 e. The van der Waals surface area contributed by atoms with Crippen molar-refractivity contribution in [1.29, 1.82) is 0 Å². The number of halogens is 3. The first-order valence-corrected chi connectivity index (χ1v) is 5.54. The van der Waals surface area contributed by atoms with Crippen LogP contribution in [0.4, 0.5) is 13.2 Å². The molecule has 0 unspecified atom stereocenters. The number of aryl methyl sites for hydroxylation is 1. The molecule has 0 radical (unpaired) electrons. The first-order valence-electron chi connectivity index (χ1n) is 4.66. The van der Waals surface area contributed by atoms with Crippen LogP contribution in [0.2, 0.25) is 0 Å². The summed E-state index contributed by atoms with van der Waals surface area (Å²) in [5.74, 6) is -0.308. The average Bonchev–Trinajstić information content (AvgIpc) is 2.65. The summed E-state index contributed by atoms with van der Waals surface area (Å²) < 4.78 is 39.3. The molecule has 0 atom stereocenters. The van der Waals surface area contributed by atoms with E-state index in [4.69, 9.17) is 0 Å². The van der Waals surface area contributed by atoms with Crippen molar-refractivity contribution in [2.45, 2.75) is 19.0 Å². The van der Waals surface area contributed by atoms with E-state index in [9.17, 15) is 18.0 Å². The second-order valence-corrected chi connectivity index (χ2v) is 4.26. The van der Waals surface area contributed by atoms with Crippen molar-refractivity contribution in [2.24, 2.45) is 0 Å². The lowest BCUT2D eigenvalue weighted by Crippen LogP contribution is -2.20. The maximum absolute atomic E-state index is 11.7. The van der Waals surface area contributed by atoms with Crippen LogP contribution in [0.25, 0.3) is 0 Å². The van der Waals surface area contributed by atoms with Crippen LogP contribution in [0.3, 0.4) is 0 Å². The van der Waals surface area contributed by atoms with Gasteiger partial charge in [-0.05, 0) is 17.9 Å². The van der Waals surface area contributed by atoms with Gasteiger partial charge in [-0.2, -0.15) is 13.2 Å². The van der Waals surface area contributed by atoms with E-state index in [1.165, 1.54) is 11.3 Å². The second-order valence-electron chi connectivity index (χ2n) is 3.23. The fourth-order valence-corrected chi connectivity index (χ4v) is 1.78. The standard InChI is InChI=1S/C10H11F3O2S/c11-10(12,13)7-15-6-8(14)3-4-9-2-1-5-16-9/h1-2,5H,3-4,6-7H2. The van der Waals surface area contributed by atoms with Gasteiger partial charge in [0.2, 0.25) is 0 Å². The van der Waals surface area contributed by atoms with Crippen LogP contribution in [-0.4, -0.2) is 25.2 Å². The van der Waals surface area contributed by atoms with Crippen molar-refractivity contribution in [1.82, 2.24) is 0 Å². The highest BCUT2D eigenvalue weighted by Gasteiger charge is 2.27. The zero-order chi connectivity index (χ0) is 12.0. The van der Waals surface area contributed by atoms with Gasteiger partial charge in [-0.1, -0.05) is 6.07 Å². The van der Waals surface area contributed by atoms with Crippen LogP contribution < -0.4 is 0 Å². The lowest BCUT2D eigenvalue weighted by Gasteiger charge is -2.06. The number of hydrogen-bond donors (Lipinski definition) is 0. The fourth-order valence-electron chi connectivity index (χ4n) is 1.07. The summed E-state index contributed by atoms with van der Waals surface area (Å²) in [6.45, 7) is -1.83. The number of alkyl halides is 3. The lowest BCUT2D eigenvalue weighted by molar-refractivity contribution is -0.175. The van der Waals surface area contributed by atoms with Gasteiger partial charge in [-0.25, -0.2) is 0 Å². The quantitative estimate of drug-likeness (QED) is 0.778. The van der Waals surface area contributed by atoms with Crippen molar-refractivity contribution in [3.05, 3.63) is 22.4 Å². The SMILES string of the molecule is O=C(CCc1cccs1)COCC(F)(F)F. The Labute approximate surface area is 95.0 Å². The van der Waals surface area contributed by atoms with Gasteiger partial charge in [0.25, 0.3) is 0 Å². The van der Waals surface area contributed by atoms with Gasteiger partial charge in [0.1, 0.15) is 13.2 Å². The molecule has 6 heteroatoms. The summed E-state index contributed by atoms with van der Waals surface area (Å²) in [6.07, 6.45) is -3.59. The van der Waals surface area contributed by atoms with Crippen molar-refractivity contribution in [2.75, 3.05) is 13.2 Å². The van der Waals surface area contributed by atoms with Crippen LogP contribution in [0.5, 0.6) is 0 Å². The molecule has 0 saturated heterocycles. The molecule has 1 heterocycles. The molecule has 16 heavy (non-hydrogen) atoms. The highest BCUT2D eigenvalue weighted by molar-refractivity contribution is 7.09. The molecule has 0 aliphatic carbocycles. The number of ether oxygens (including phenoxy) is 1. The summed E-state index contributed by atoms with van der Waals surface area (Å²) in [7, 11) is 0. The van der Waals surface area contributed by atoms with E-state index in [-0.39, 0.29) is 12.2 Å². The van der Waals surface area contributed by atoms with Crippen molar-refractivity contribution < 1.29 is 22.7 Å². The largest absolute Gasteiger partial charge is 0.411 e. The number of ketones is 1. The molecule has 0 saturated carbocycles. The van der Waals surface area contributed by atoms with Gasteiger partial charge in [-0.3, -0.25) is 4.79 Å². The lowest BCUT2D eigenvalue weighted by atomic mass is 10.2. The van der Waals surface area contributed by atoms with Gasteiger partial charge in [-0.15, -0.1) is 11.3 Å². The Morgan fingerprint density at radius 1 is 1.44 bits per heavy atom. The number of rotatable bonds is 6. The van der Waals surface area contributed by atoms with E-state index in [2.05, 4.69) is 4.74 Å². The van der Waals surface area contributed by atoms with E-state index in [1.54, 1.807) is 0 Å². The molecular weight excluding hydrogens is 241 g/mol. The molecule has 0 N–H and O–H groups in total. The third-order valence-electron chi connectivity index (χ3n) is 1.76. The van der Waals surface area contributed by atoms with Gasteiger partial charge in [0, 0.05) is 11.3 Å². The first kappa shape index (κ1) is 13.2. The number of carbonyl (C=O) groups is 1. The molecule has 0 aliphatic rings. The average molecular weight is 252 g/mol. The predicted octanol–water partition coefficient (Wildman–Crippen LogP) is 2.83. The topological polar surface area (TPSA) is 26.3 Å². The fraction of sp³-hybridized carbons (Fsp3) is 0.500. The van der Waals surface area contributed by atoms with Gasteiger partial charge in [0.05, 0.1) is 0 Å². The second kappa shape index (κ2) is 6.00. The van der Waals surface area contributed by atoms with E-state index in [1.807, 2.05) is 17.5 Å². The molecule has 1 aromatic rings. The zero-order valence-electron chi connectivity index (χ0n) is 8.42. The van der Waals surface area contributed by atoms with E-state index >= 15 is 0 Å². The number of hydrogen-bond acceptors (Lipinski definition) is 3. The summed E-state index contributed by atoms with van der Waals surface area (Å²) in [6, 6.07) is 3.75. The van der Waals surface area contributed by atoms with Gasteiger partial charge in [0.15, 0.2) is 5.78 Å². The van der Waals surface area contributed by atoms with Crippen molar-refractivity contribution >= 4 is 17.1 Å². The molecule has 90 valence electrons. The highest BCUT2D eigenvalue weighted by atomic mass is 32.1. The van der Waals surface area contributed by atoms with Gasteiger partial charge >= 0.3 is 6.18 Å². The van der Waals surface area contributed by atoms with Crippen LogP contribution in [0.1, 0.15) is 11.3 Å². The molecule has 0 amide bonds. The third kappa shape index (κ3) is 5.87. The van der Waals surface area contributed by atoms with Crippen molar-refractivity contribution in [3.8, 4) is 0 Å². The smallest absolute Gasteiger partial charge is 0.364 e. The molecule has 0 bridgehead atoms. The summed E-state index contributed by atoms with van der Waals surface area (Å²) in [5.41, 5.74) is 0. The van der Waals surface area contributed by atoms with Crippen LogP contribution in [-0.2, 0) is 16.0 Å². The molecule has 0 aliphatic heterocycles. The molecule has 0 spiro atoms. The Kier molecular flexibility index (Phi) is 4.95. The van der Waals surface area contributed by atoms with E-state index in [0.717, 1.165) is 4.88 Å². The number of carbonyl (C=O) groups excluding carboxylic acids is 1. The zero-order valence-corrected chi connectivity index (χ0v) is 9.24.